The van der Waals surface area contributed by atoms with Crippen LogP contribution in [0.25, 0.3) is 11.6 Å². The lowest BCUT2D eigenvalue weighted by Gasteiger charge is -2.14. The van der Waals surface area contributed by atoms with E-state index in [0.29, 0.717) is 11.8 Å². The van der Waals surface area contributed by atoms with Crippen molar-refractivity contribution in [1.82, 2.24) is 15.0 Å². The quantitative estimate of drug-likeness (QED) is 0.653. The van der Waals surface area contributed by atoms with E-state index >= 15 is 0 Å². The third kappa shape index (κ3) is 2.99. The number of hydrogen-bond donors (Lipinski definition) is 0. The molecule has 0 spiro atoms. The average Bonchev–Trinajstić information content (AvgIpc) is 2.87. The number of halogens is 1. The van der Waals surface area contributed by atoms with Crippen molar-refractivity contribution in [1.29, 1.82) is 0 Å². The summed E-state index contributed by atoms with van der Waals surface area (Å²) in [6, 6.07) is 9.95. The summed E-state index contributed by atoms with van der Waals surface area (Å²) < 4.78 is 5.95. The van der Waals surface area contributed by atoms with Gasteiger partial charge < -0.3 is 4.42 Å². The maximum Gasteiger partial charge on any atom is 0.245 e. The Morgan fingerprint density at radius 3 is 3.00 bits per heavy atom. The van der Waals surface area contributed by atoms with Crippen LogP contribution in [-0.2, 0) is 12.8 Å². The first-order valence-electron chi connectivity index (χ1n) is 7.80. The number of aryl methyl sites for hydroxylation is 1. The van der Waals surface area contributed by atoms with Crippen molar-refractivity contribution in [2.45, 2.75) is 31.6 Å². The zero-order valence-corrected chi connectivity index (χ0v) is 13.3. The zero-order valence-electron chi connectivity index (χ0n) is 12.6. The van der Waals surface area contributed by atoms with Gasteiger partial charge in [0.2, 0.25) is 5.89 Å². The summed E-state index contributed by atoms with van der Waals surface area (Å²) in [7, 11) is 0. The fraction of sp³-hybridized carbons (Fsp3) is 0.278. The molecule has 1 aliphatic rings. The van der Waals surface area contributed by atoms with E-state index in [-0.39, 0.29) is 0 Å². The predicted octanol–water partition coefficient (Wildman–Crippen LogP) is 4.45. The summed E-state index contributed by atoms with van der Waals surface area (Å²) in [6.07, 6.45) is 7.22. The second-order valence-electron chi connectivity index (χ2n) is 5.83. The van der Waals surface area contributed by atoms with Crippen LogP contribution < -0.4 is 0 Å². The first-order chi connectivity index (χ1) is 11.3. The molecule has 4 rings (SSSR count). The van der Waals surface area contributed by atoms with E-state index < -0.39 is 0 Å². The highest BCUT2D eigenvalue weighted by Crippen LogP contribution is 2.34. The Morgan fingerprint density at radius 1 is 1.22 bits per heavy atom. The molecule has 0 bridgehead atoms. The van der Waals surface area contributed by atoms with Gasteiger partial charge in [-0.05, 0) is 42.5 Å². The van der Waals surface area contributed by atoms with Crippen LogP contribution in [0.15, 0.2) is 47.3 Å². The largest absolute Gasteiger partial charge is 0.440 e. The molecule has 0 saturated heterocycles. The standard InChI is InChI=1S/C18H16ClN3O/c19-14-5-1-3-12(9-14)13-4-2-6-17-16(10-13)22-18(23-17)15-7-8-20-11-21-15/h1,3,5,7-9,11,13H,2,4,6,10H2. The molecule has 2 aromatic heterocycles. The number of oxazole rings is 1. The number of benzene rings is 1. The highest BCUT2D eigenvalue weighted by Gasteiger charge is 2.24. The molecule has 0 amide bonds. The molecule has 0 saturated carbocycles. The van der Waals surface area contributed by atoms with Gasteiger partial charge in [0.05, 0.1) is 5.69 Å². The zero-order chi connectivity index (χ0) is 15.6. The van der Waals surface area contributed by atoms with Crippen LogP contribution in [0.1, 0.15) is 35.8 Å². The van der Waals surface area contributed by atoms with Crippen LogP contribution >= 0.6 is 11.6 Å². The van der Waals surface area contributed by atoms with Gasteiger partial charge >= 0.3 is 0 Å². The van der Waals surface area contributed by atoms with Gasteiger partial charge in [0.25, 0.3) is 0 Å². The fourth-order valence-corrected chi connectivity index (χ4v) is 3.35. The summed E-state index contributed by atoms with van der Waals surface area (Å²) in [5.74, 6) is 2.01. The summed E-state index contributed by atoms with van der Waals surface area (Å²) >= 11 is 6.14. The van der Waals surface area contributed by atoms with E-state index in [1.807, 2.05) is 18.2 Å². The fourth-order valence-electron chi connectivity index (χ4n) is 3.15. The molecule has 4 nitrogen and oxygen atoms in total. The molecule has 5 heteroatoms. The van der Waals surface area contributed by atoms with E-state index in [1.165, 1.54) is 11.9 Å². The lowest BCUT2D eigenvalue weighted by Crippen LogP contribution is -2.02. The Bertz CT molecular complexity index is 816. The second kappa shape index (κ2) is 6.13. The Kier molecular flexibility index (Phi) is 3.83. The molecular weight excluding hydrogens is 310 g/mol. The molecule has 1 aliphatic carbocycles. The molecule has 0 N–H and O–H groups in total. The van der Waals surface area contributed by atoms with Gasteiger partial charge in [0.15, 0.2) is 0 Å². The van der Waals surface area contributed by atoms with Gasteiger partial charge in [-0.25, -0.2) is 15.0 Å². The van der Waals surface area contributed by atoms with Crippen molar-refractivity contribution < 1.29 is 4.42 Å². The first kappa shape index (κ1) is 14.4. The Hall–Kier alpha value is -2.20. The molecule has 3 aromatic rings. The maximum absolute atomic E-state index is 6.14. The average molecular weight is 326 g/mol. The smallest absolute Gasteiger partial charge is 0.245 e. The Morgan fingerprint density at radius 2 is 2.17 bits per heavy atom. The number of nitrogens with zero attached hydrogens (tertiary/aromatic N) is 3. The number of aromatic nitrogens is 3. The minimum atomic E-state index is 0.429. The van der Waals surface area contributed by atoms with Gasteiger partial charge in [0.1, 0.15) is 17.8 Å². The summed E-state index contributed by atoms with van der Waals surface area (Å²) in [5, 5.41) is 0.786. The molecule has 0 radical (unpaired) electrons. The van der Waals surface area contributed by atoms with E-state index in [0.717, 1.165) is 47.9 Å². The van der Waals surface area contributed by atoms with Crippen molar-refractivity contribution in [3.8, 4) is 11.6 Å². The molecule has 23 heavy (non-hydrogen) atoms. The van der Waals surface area contributed by atoms with Crippen LogP contribution in [-0.4, -0.2) is 15.0 Å². The number of hydrogen-bond acceptors (Lipinski definition) is 4. The summed E-state index contributed by atoms with van der Waals surface area (Å²) in [5.41, 5.74) is 3.05. The van der Waals surface area contributed by atoms with Gasteiger partial charge in [-0.3, -0.25) is 0 Å². The monoisotopic (exact) mass is 325 g/mol. The molecule has 0 fully saturated rings. The lowest BCUT2D eigenvalue weighted by atomic mass is 9.92. The van der Waals surface area contributed by atoms with Crippen LogP contribution in [0.2, 0.25) is 5.02 Å². The molecule has 1 atom stereocenters. The van der Waals surface area contributed by atoms with Crippen LogP contribution in [0, 0.1) is 0 Å². The summed E-state index contributed by atoms with van der Waals surface area (Å²) in [6.45, 7) is 0. The maximum atomic E-state index is 6.14. The number of fused-ring (bicyclic) bond motifs is 1. The van der Waals surface area contributed by atoms with Crippen LogP contribution in [0.4, 0.5) is 0 Å². The van der Waals surface area contributed by atoms with E-state index in [9.17, 15) is 0 Å². The topological polar surface area (TPSA) is 51.8 Å². The van der Waals surface area contributed by atoms with E-state index in [2.05, 4.69) is 27.1 Å². The van der Waals surface area contributed by atoms with Gasteiger partial charge in [-0.2, -0.15) is 0 Å². The van der Waals surface area contributed by atoms with Crippen LogP contribution in [0.5, 0.6) is 0 Å². The van der Waals surface area contributed by atoms with E-state index in [4.69, 9.17) is 16.0 Å². The predicted molar refractivity (Wildman–Crippen MR) is 88.4 cm³/mol. The van der Waals surface area contributed by atoms with Gasteiger partial charge in [0, 0.05) is 24.1 Å². The van der Waals surface area contributed by atoms with Crippen molar-refractivity contribution in [3.05, 3.63) is 64.9 Å². The molecular formula is C18H16ClN3O. The van der Waals surface area contributed by atoms with E-state index in [1.54, 1.807) is 6.20 Å². The second-order valence-corrected chi connectivity index (χ2v) is 6.27. The third-order valence-electron chi connectivity index (χ3n) is 4.30. The SMILES string of the molecule is Clc1cccc(C2CCCc3oc(-c4ccncn4)nc3C2)c1. The molecule has 1 unspecified atom stereocenters. The van der Waals surface area contributed by atoms with Crippen molar-refractivity contribution >= 4 is 11.6 Å². The van der Waals surface area contributed by atoms with Crippen molar-refractivity contribution in [2.24, 2.45) is 0 Å². The Labute approximate surface area is 139 Å². The van der Waals surface area contributed by atoms with Gasteiger partial charge in [-0.15, -0.1) is 0 Å². The highest BCUT2D eigenvalue weighted by atomic mass is 35.5. The minimum absolute atomic E-state index is 0.429. The first-order valence-corrected chi connectivity index (χ1v) is 8.18. The summed E-state index contributed by atoms with van der Waals surface area (Å²) in [4.78, 5) is 12.8. The van der Waals surface area contributed by atoms with Crippen molar-refractivity contribution in [2.75, 3.05) is 0 Å². The third-order valence-corrected chi connectivity index (χ3v) is 4.53. The minimum Gasteiger partial charge on any atom is -0.440 e. The Balaban J connectivity index is 1.65. The normalized spacial score (nSPS) is 17.5. The van der Waals surface area contributed by atoms with Crippen molar-refractivity contribution in [3.63, 3.8) is 0 Å². The highest BCUT2D eigenvalue weighted by molar-refractivity contribution is 6.30. The molecule has 0 aliphatic heterocycles. The molecule has 1 aromatic carbocycles. The van der Waals surface area contributed by atoms with Gasteiger partial charge in [-0.1, -0.05) is 23.7 Å². The molecule has 116 valence electrons. The number of rotatable bonds is 2. The lowest BCUT2D eigenvalue weighted by molar-refractivity contribution is 0.504. The molecule has 2 heterocycles. The van der Waals surface area contributed by atoms with Crippen LogP contribution in [0.3, 0.4) is 0 Å².